The topological polar surface area (TPSA) is 77.0 Å². The molecule has 1 heterocycles. The maximum Gasteiger partial charge on any atom is 0.344 e. The Morgan fingerprint density at radius 1 is 1.59 bits per heavy atom. The fourth-order valence-electron chi connectivity index (χ4n) is 1.31. The first-order valence-corrected chi connectivity index (χ1v) is 6.50. The van der Waals surface area contributed by atoms with Crippen molar-refractivity contribution in [1.29, 1.82) is 0 Å². The van der Waals surface area contributed by atoms with Crippen LogP contribution in [-0.2, 0) is 9.53 Å². The van der Waals surface area contributed by atoms with Gasteiger partial charge in [-0.15, -0.1) is 5.10 Å². The van der Waals surface area contributed by atoms with Gasteiger partial charge in [-0.2, -0.15) is 0 Å². The molecule has 0 bridgehead atoms. The Labute approximate surface area is 104 Å². The van der Waals surface area contributed by atoms with Gasteiger partial charge < -0.3 is 4.74 Å². The summed E-state index contributed by atoms with van der Waals surface area (Å²) in [6.07, 6.45) is 0.317. The van der Waals surface area contributed by atoms with Crippen LogP contribution < -0.4 is 5.69 Å². The quantitative estimate of drug-likeness (QED) is 0.613. The van der Waals surface area contributed by atoms with Crippen molar-refractivity contribution in [3.63, 3.8) is 0 Å². The van der Waals surface area contributed by atoms with Gasteiger partial charge >= 0.3 is 11.7 Å². The van der Waals surface area contributed by atoms with E-state index in [1.807, 2.05) is 13.8 Å². The number of rotatable bonds is 6. The molecule has 0 aliphatic heterocycles. The van der Waals surface area contributed by atoms with E-state index >= 15 is 0 Å². The van der Waals surface area contributed by atoms with Crippen LogP contribution in [0.3, 0.4) is 0 Å². The highest BCUT2D eigenvalue weighted by Gasteiger charge is 2.12. The van der Waals surface area contributed by atoms with Crippen LogP contribution in [0.15, 0.2) is 9.95 Å². The Balaban J connectivity index is 2.52. The van der Waals surface area contributed by atoms with Gasteiger partial charge in [-0.05, 0) is 20.8 Å². The van der Waals surface area contributed by atoms with E-state index in [0.29, 0.717) is 23.9 Å². The van der Waals surface area contributed by atoms with E-state index in [2.05, 4.69) is 10.2 Å². The number of aromatic nitrogens is 3. The molecule has 0 spiro atoms. The van der Waals surface area contributed by atoms with Crippen molar-refractivity contribution < 1.29 is 9.53 Å². The lowest BCUT2D eigenvalue weighted by Gasteiger charge is -2.07. The molecule has 0 aliphatic rings. The average molecular weight is 259 g/mol. The van der Waals surface area contributed by atoms with E-state index in [1.54, 1.807) is 11.5 Å². The summed E-state index contributed by atoms with van der Waals surface area (Å²) < 4.78 is 6.38. The predicted octanol–water partition coefficient (Wildman–Crippen LogP) is 1.20. The summed E-state index contributed by atoms with van der Waals surface area (Å²) in [4.78, 5) is 22.5. The van der Waals surface area contributed by atoms with E-state index in [0.717, 1.165) is 0 Å². The lowest BCUT2D eigenvalue weighted by molar-refractivity contribution is -0.142. The van der Waals surface area contributed by atoms with Crippen molar-refractivity contribution in [3.05, 3.63) is 10.5 Å². The first-order valence-electron chi connectivity index (χ1n) is 5.51. The Morgan fingerprint density at radius 3 is 2.88 bits per heavy atom. The summed E-state index contributed by atoms with van der Waals surface area (Å²) in [7, 11) is 0. The minimum Gasteiger partial charge on any atom is -0.466 e. The summed E-state index contributed by atoms with van der Waals surface area (Å²) in [5.74, 6) is 0.324. The molecule has 0 unspecified atom stereocenters. The van der Waals surface area contributed by atoms with E-state index in [-0.39, 0.29) is 17.7 Å². The third kappa shape index (κ3) is 3.92. The van der Waals surface area contributed by atoms with Gasteiger partial charge in [0.25, 0.3) is 0 Å². The number of nitrogens with zero attached hydrogens (tertiary/aromatic N) is 2. The molecular formula is C10H17N3O3S. The first kappa shape index (κ1) is 13.8. The molecule has 0 amide bonds. The third-order valence-corrected chi connectivity index (χ3v) is 2.99. The highest BCUT2D eigenvalue weighted by Crippen LogP contribution is 2.17. The standard InChI is InChI=1S/C10H17N3O3S/c1-4-16-8(14)5-6-17-10-12-11-9(15)13(10)7(2)3/h7H,4-6H2,1-3H3,(H,11,15). The molecule has 1 aromatic heterocycles. The maximum atomic E-state index is 11.4. The first-order chi connectivity index (χ1) is 8.06. The van der Waals surface area contributed by atoms with Crippen molar-refractivity contribution >= 4 is 17.7 Å². The summed E-state index contributed by atoms with van der Waals surface area (Å²) in [6, 6.07) is 0.0475. The minimum absolute atomic E-state index is 0.0475. The summed E-state index contributed by atoms with van der Waals surface area (Å²) >= 11 is 1.37. The SMILES string of the molecule is CCOC(=O)CCSc1n[nH]c(=O)n1C(C)C. The van der Waals surface area contributed by atoms with Crippen LogP contribution in [0.1, 0.15) is 33.2 Å². The Morgan fingerprint density at radius 2 is 2.29 bits per heavy atom. The second-order valence-electron chi connectivity index (χ2n) is 3.68. The molecule has 0 aliphatic carbocycles. The van der Waals surface area contributed by atoms with Gasteiger partial charge in [-0.25, -0.2) is 9.89 Å². The van der Waals surface area contributed by atoms with Gasteiger partial charge in [-0.3, -0.25) is 9.36 Å². The van der Waals surface area contributed by atoms with Crippen molar-refractivity contribution in [2.45, 2.75) is 38.4 Å². The molecule has 0 atom stereocenters. The maximum absolute atomic E-state index is 11.4. The molecule has 0 fully saturated rings. The molecule has 1 N–H and O–H groups in total. The van der Waals surface area contributed by atoms with E-state index in [9.17, 15) is 9.59 Å². The molecule has 17 heavy (non-hydrogen) atoms. The largest absolute Gasteiger partial charge is 0.466 e. The van der Waals surface area contributed by atoms with Crippen LogP contribution in [0.2, 0.25) is 0 Å². The zero-order chi connectivity index (χ0) is 12.8. The van der Waals surface area contributed by atoms with E-state index < -0.39 is 0 Å². The van der Waals surface area contributed by atoms with Crippen LogP contribution in [0, 0.1) is 0 Å². The van der Waals surface area contributed by atoms with Crippen molar-refractivity contribution in [2.75, 3.05) is 12.4 Å². The second-order valence-corrected chi connectivity index (χ2v) is 4.74. The molecule has 0 radical (unpaired) electrons. The van der Waals surface area contributed by atoms with Gasteiger partial charge in [0.15, 0.2) is 5.16 Å². The lowest BCUT2D eigenvalue weighted by Crippen LogP contribution is -2.19. The van der Waals surface area contributed by atoms with Gasteiger partial charge in [0, 0.05) is 11.8 Å². The Bertz CT molecular complexity index is 425. The molecule has 6 nitrogen and oxygen atoms in total. The van der Waals surface area contributed by atoms with Crippen LogP contribution in [-0.4, -0.2) is 33.1 Å². The molecule has 0 saturated carbocycles. The Kier molecular flexibility index (Phi) is 5.27. The number of aromatic amines is 1. The molecular weight excluding hydrogens is 242 g/mol. The fraction of sp³-hybridized carbons (Fsp3) is 0.700. The van der Waals surface area contributed by atoms with Crippen molar-refractivity contribution in [2.24, 2.45) is 0 Å². The van der Waals surface area contributed by atoms with E-state index in [4.69, 9.17) is 4.74 Å². The van der Waals surface area contributed by atoms with Crippen LogP contribution in [0.4, 0.5) is 0 Å². The van der Waals surface area contributed by atoms with Gasteiger partial charge in [0.2, 0.25) is 0 Å². The highest BCUT2D eigenvalue weighted by molar-refractivity contribution is 7.99. The smallest absolute Gasteiger partial charge is 0.344 e. The second kappa shape index (κ2) is 6.48. The summed E-state index contributed by atoms with van der Waals surface area (Å²) in [5, 5.41) is 6.92. The Hall–Kier alpha value is -1.24. The zero-order valence-electron chi connectivity index (χ0n) is 10.2. The van der Waals surface area contributed by atoms with E-state index in [1.165, 1.54) is 11.8 Å². The van der Waals surface area contributed by atoms with Gasteiger partial charge in [-0.1, -0.05) is 11.8 Å². The number of H-pyrrole nitrogens is 1. The number of ether oxygens (including phenoxy) is 1. The average Bonchev–Trinajstić information content (AvgIpc) is 2.60. The molecule has 1 rings (SSSR count). The molecule has 1 aromatic rings. The minimum atomic E-state index is -0.228. The summed E-state index contributed by atoms with van der Waals surface area (Å²) in [5.41, 5.74) is -0.223. The lowest BCUT2D eigenvalue weighted by atomic mass is 10.4. The number of hydrogen-bond donors (Lipinski definition) is 1. The fourth-order valence-corrected chi connectivity index (χ4v) is 2.30. The zero-order valence-corrected chi connectivity index (χ0v) is 11.0. The third-order valence-electron chi connectivity index (χ3n) is 2.03. The molecule has 0 aromatic carbocycles. The number of nitrogens with one attached hydrogen (secondary N) is 1. The van der Waals surface area contributed by atoms with Gasteiger partial charge in [0.05, 0.1) is 13.0 Å². The van der Waals surface area contributed by atoms with Crippen LogP contribution in [0.25, 0.3) is 0 Å². The number of carbonyl (C=O) groups excluding carboxylic acids is 1. The monoisotopic (exact) mass is 259 g/mol. The predicted molar refractivity (Wildman–Crippen MR) is 65.2 cm³/mol. The number of carbonyl (C=O) groups is 1. The van der Waals surface area contributed by atoms with Crippen molar-refractivity contribution in [3.8, 4) is 0 Å². The molecule has 7 heteroatoms. The van der Waals surface area contributed by atoms with Crippen molar-refractivity contribution in [1.82, 2.24) is 14.8 Å². The highest BCUT2D eigenvalue weighted by atomic mass is 32.2. The molecule has 96 valence electrons. The molecule has 0 saturated heterocycles. The van der Waals surface area contributed by atoms with Gasteiger partial charge in [0.1, 0.15) is 0 Å². The summed E-state index contributed by atoms with van der Waals surface area (Å²) in [6.45, 7) is 5.98. The number of hydrogen-bond acceptors (Lipinski definition) is 5. The number of thioether (sulfide) groups is 1. The van der Waals surface area contributed by atoms with Crippen LogP contribution >= 0.6 is 11.8 Å². The van der Waals surface area contributed by atoms with Crippen LogP contribution in [0.5, 0.6) is 0 Å². The number of esters is 1. The normalized spacial score (nSPS) is 10.8.